The zero-order valence-electron chi connectivity index (χ0n) is 13.4. The quantitative estimate of drug-likeness (QED) is 0.692. The maximum atomic E-state index is 12.9. The van der Waals surface area contributed by atoms with Crippen LogP contribution in [0.3, 0.4) is 0 Å². The summed E-state index contributed by atoms with van der Waals surface area (Å²) in [4.78, 5) is 8.81. The standard InChI is InChI=1S/C18H19FN4O/c1-13-11-17(20-9-8-14-4-6-15(19)7-5-14)23-18(22-13)21-12-16-3-2-10-24-16/h2-7,10-11H,8-9,12H2,1H3,(H2,20,21,22,23). The van der Waals surface area contributed by atoms with Crippen molar-refractivity contribution in [3.63, 3.8) is 0 Å². The minimum Gasteiger partial charge on any atom is -0.467 e. The molecule has 0 unspecified atom stereocenters. The van der Waals surface area contributed by atoms with Crippen LogP contribution in [-0.2, 0) is 13.0 Å². The van der Waals surface area contributed by atoms with Gasteiger partial charge >= 0.3 is 0 Å². The second-order valence-corrected chi connectivity index (χ2v) is 5.45. The molecule has 0 spiro atoms. The highest BCUT2D eigenvalue weighted by molar-refractivity contribution is 5.42. The lowest BCUT2D eigenvalue weighted by atomic mass is 10.1. The van der Waals surface area contributed by atoms with Crippen molar-refractivity contribution in [1.29, 1.82) is 0 Å². The molecule has 0 aliphatic heterocycles. The first-order chi connectivity index (χ1) is 11.7. The van der Waals surface area contributed by atoms with Crippen molar-refractivity contribution in [2.45, 2.75) is 19.9 Å². The van der Waals surface area contributed by atoms with Crippen molar-refractivity contribution >= 4 is 11.8 Å². The first-order valence-electron chi connectivity index (χ1n) is 7.79. The Kier molecular flexibility index (Phi) is 5.05. The molecule has 2 heterocycles. The third kappa shape index (κ3) is 4.55. The van der Waals surface area contributed by atoms with Crippen LogP contribution in [0.1, 0.15) is 17.0 Å². The molecule has 6 heteroatoms. The van der Waals surface area contributed by atoms with Gasteiger partial charge in [0.05, 0.1) is 12.8 Å². The van der Waals surface area contributed by atoms with Gasteiger partial charge in [-0.25, -0.2) is 9.37 Å². The van der Waals surface area contributed by atoms with Gasteiger partial charge < -0.3 is 15.1 Å². The molecular weight excluding hydrogens is 307 g/mol. The molecule has 0 atom stereocenters. The van der Waals surface area contributed by atoms with E-state index in [0.29, 0.717) is 19.0 Å². The Balaban J connectivity index is 1.55. The van der Waals surface area contributed by atoms with Gasteiger partial charge in [0, 0.05) is 18.3 Å². The summed E-state index contributed by atoms with van der Waals surface area (Å²) >= 11 is 0. The van der Waals surface area contributed by atoms with E-state index in [2.05, 4.69) is 20.6 Å². The Labute approximate surface area is 140 Å². The smallest absolute Gasteiger partial charge is 0.225 e. The first kappa shape index (κ1) is 16.0. The van der Waals surface area contributed by atoms with E-state index in [4.69, 9.17) is 4.42 Å². The predicted octanol–water partition coefficient (Wildman–Crippen LogP) is 3.78. The molecule has 0 saturated heterocycles. The van der Waals surface area contributed by atoms with Crippen molar-refractivity contribution in [2.75, 3.05) is 17.2 Å². The molecule has 2 aromatic heterocycles. The Hall–Kier alpha value is -2.89. The van der Waals surface area contributed by atoms with Crippen LogP contribution in [0.25, 0.3) is 0 Å². The Morgan fingerprint density at radius 3 is 2.67 bits per heavy atom. The number of hydrogen-bond acceptors (Lipinski definition) is 5. The van der Waals surface area contributed by atoms with E-state index >= 15 is 0 Å². The van der Waals surface area contributed by atoms with E-state index in [-0.39, 0.29) is 5.82 Å². The zero-order chi connectivity index (χ0) is 16.8. The fourth-order valence-electron chi connectivity index (χ4n) is 2.30. The summed E-state index contributed by atoms with van der Waals surface area (Å²) in [7, 11) is 0. The van der Waals surface area contributed by atoms with Gasteiger partial charge in [-0.2, -0.15) is 4.98 Å². The second-order valence-electron chi connectivity index (χ2n) is 5.45. The highest BCUT2D eigenvalue weighted by Crippen LogP contribution is 2.12. The van der Waals surface area contributed by atoms with Crippen molar-refractivity contribution < 1.29 is 8.81 Å². The maximum absolute atomic E-state index is 12.9. The number of halogens is 1. The van der Waals surface area contributed by atoms with Crippen molar-refractivity contribution in [2.24, 2.45) is 0 Å². The van der Waals surface area contributed by atoms with E-state index in [1.54, 1.807) is 18.4 Å². The van der Waals surface area contributed by atoms with Crippen LogP contribution in [-0.4, -0.2) is 16.5 Å². The average Bonchev–Trinajstić information content (AvgIpc) is 3.08. The lowest BCUT2D eigenvalue weighted by Gasteiger charge is -2.09. The summed E-state index contributed by atoms with van der Waals surface area (Å²) in [6, 6.07) is 12.2. The third-order valence-corrected chi connectivity index (χ3v) is 3.49. The molecule has 0 radical (unpaired) electrons. The monoisotopic (exact) mass is 326 g/mol. The summed E-state index contributed by atoms with van der Waals surface area (Å²) < 4.78 is 18.2. The van der Waals surface area contributed by atoms with E-state index < -0.39 is 0 Å². The molecule has 0 aliphatic carbocycles. The highest BCUT2D eigenvalue weighted by atomic mass is 19.1. The molecular formula is C18H19FN4O. The van der Waals surface area contributed by atoms with Gasteiger partial charge in [0.2, 0.25) is 5.95 Å². The SMILES string of the molecule is Cc1cc(NCCc2ccc(F)cc2)nc(NCc2ccco2)n1. The Morgan fingerprint density at radius 1 is 1.08 bits per heavy atom. The molecule has 3 rings (SSSR count). The summed E-state index contributed by atoms with van der Waals surface area (Å²) in [5.41, 5.74) is 1.95. The number of anilines is 2. The van der Waals surface area contributed by atoms with Crippen LogP contribution in [0, 0.1) is 12.7 Å². The molecule has 0 saturated carbocycles. The highest BCUT2D eigenvalue weighted by Gasteiger charge is 2.03. The van der Waals surface area contributed by atoms with E-state index in [1.807, 2.05) is 25.1 Å². The number of aryl methyl sites for hydroxylation is 1. The average molecular weight is 326 g/mol. The largest absolute Gasteiger partial charge is 0.467 e. The number of rotatable bonds is 7. The van der Waals surface area contributed by atoms with E-state index in [9.17, 15) is 4.39 Å². The minimum atomic E-state index is -0.217. The topological polar surface area (TPSA) is 63.0 Å². The molecule has 0 bridgehead atoms. The van der Waals surface area contributed by atoms with Gasteiger partial charge in [-0.3, -0.25) is 0 Å². The predicted molar refractivity (Wildman–Crippen MR) is 91.4 cm³/mol. The summed E-state index contributed by atoms with van der Waals surface area (Å²) in [6.45, 7) is 3.16. The fraction of sp³-hybridized carbons (Fsp3) is 0.222. The molecule has 0 fully saturated rings. The van der Waals surface area contributed by atoms with Gasteiger partial charge in [-0.1, -0.05) is 12.1 Å². The lowest BCUT2D eigenvalue weighted by molar-refractivity contribution is 0.517. The van der Waals surface area contributed by atoms with Crippen LogP contribution in [0.4, 0.5) is 16.2 Å². The Morgan fingerprint density at radius 2 is 1.92 bits per heavy atom. The molecule has 124 valence electrons. The molecule has 0 amide bonds. The van der Waals surface area contributed by atoms with Crippen molar-refractivity contribution in [3.8, 4) is 0 Å². The van der Waals surface area contributed by atoms with Crippen molar-refractivity contribution in [3.05, 3.63) is 71.6 Å². The molecule has 5 nitrogen and oxygen atoms in total. The van der Waals surface area contributed by atoms with Crippen LogP contribution >= 0.6 is 0 Å². The van der Waals surface area contributed by atoms with Crippen LogP contribution < -0.4 is 10.6 Å². The van der Waals surface area contributed by atoms with Gasteiger partial charge in [-0.15, -0.1) is 0 Å². The minimum absolute atomic E-state index is 0.217. The maximum Gasteiger partial charge on any atom is 0.225 e. The van der Waals surface area contributed by atoms with Gasteiger partial charge in [0.25, 0.3) is 0 Å². The van der Waals surface area contributed by atoms with Gasteiger partial charge in [-0.05, 0) is 43.2 Å². The number of benzene rings is 1. The molecule has 1 aromatic carbocycles. The Bertz CT molecular complexity index is 772. The van der Waals surface area contributed by atoms with E-state index in [1.165, 1.54) is 12.1 Å². The summed E-state index contributed by atoms with van der Waals surface area (Å²) in [6.07, 6.45) is 2.43. The second kappa shape index (κ2) is 7.59. The number of furan rings is 1. The zero-order valence-corrected chi connectivity index (χ0v) is 13.4. The normalized spacial score (nSPS) is 10.6. The lowest BCUT2D eigenvalue weighted by Crippen LogP contribution is -2.10. The van der Waals surface area contributed by atoms with Crippen LogP contribution in [0.2, 0.25) is 0 Å². The van der Waals surface area contributed by atoms with Gasteiger partial charge in [0.15, 0.2) is 0 Å². The summed E-state index contributed by atoms with van der Waals surface area (Å²) in [5.74, 6) is 1.92. The number of nitrogens with zero attached hydrogens (tertiary/aromatic N) is 2. The fourth-order valence-corrected chi connectivity index (χ4v) is 2.30. The number of hydrogen-bond donors (Lipinski definition) is 2. The van der Waals surface area contributed by atoms with Gasteiger partial charge in [0.1, 0.15) is 17.4 Å². The molecule has 0 aliphatic rings. The molecule has 3 aromatic rings. The molecule has 24 heavy (non-hydrogen) atoms. The molecule has 2 N–H and O–H groups in total. The van der Waals surface area contributed by atoms with Crippen LogP contribution in [0.15, 0.2) is 53.1 Å². The van der Waals surface area contributed by atoms with Crippen molar-refractivity contribution in [1.82, 2.24) is 9.97 Å². The number of nitrogens with one attached hydrogen (secondary N) is 2. The van der Waals surface area contributed by atoms with Crippen LogP contribution in [0.5, 0.6) is 0 Å². The third-order valence-electron chi connectivity index (χ3n) is 3.49. The number of aromatic nitrogens is 2. The summed E-state index contributed by atoms with van der Waals surface area (Å²) in [5, 5.41) is 6.42. The van der Waals surface area contributed by atoms with E-state index in [0.717, 1.165) is 29.3 Å². The first-order valence-corrected chi connectivity index (χ1v) is 7.79.